The minimum absolute atomic E-state index is 0.289. The van der Waals surface area contributed by atoms with Crippen molar-refractivity contribution < 1.29 is 13.2 Å². The Kier molecular flexibility index (Phi) is 6.46. The van der Waals surface area contributed by atoms with Crippen LogP contribution in [-0.4, -0.2) is 39.9 Å². The fourth-order valence-corrected chi connectivity index (χ4v) is 3.33. The Morgan fingerprint density at radius 1 is 1.16 bits per heavy atom. The van der Waals surface area contributed by atoms with Gasteiger partial charge in [0.15, 0.2) is 0 Å². The van der Waals surface area contributed by atoms with Crippen molar-refractivity contribution in [3.63, 3.8) is 0 Å². The zero-order chi connectivity index (χ0) is 18.4. The molecule has 0 bridgehead atoms. The van der Waals surface area contributed by atoms with Gasteiger partial charge in [-0.3, -0.25) is 9.10 Å². The van der Waals surface area contributed by atoms with E-state index in [4.69, 9.17) is 5.73 Å². The number of hydrogen-bond donors (Lipinski definition) is 2. The zero-order valence-electron chi connectivity index (χ0n) is 14.1. The van der Waals surface area contributed by atoms with Gasteiger partial charge in [-0.2, -0.15) is 0 Å². The highest BCUT2D eigenvalue weighted by Crippen LogP contribution is 2.24. The molecular formula is C17H21N3O3S2. The molecule has 2 aromatic rings. The first-order valence-electron chi connectivity index (χ1n) is 7.60. The number of carbonyl (C=O) groups excluding carboxylic acids is 1. The van der Waals surface area contributed by atoms with E-state index in [9.17, 15) is 13.2 Å². The van der Waals surface area contributed by atoms with Gasteiger partial charge in [0.2, 0.25) is 10.0 Å². The number of amides is 1. The smallest absolute Gasteiger partial charge is 0.257 e. The molecule has 0 saturated carbocycles. The predicted octanol–water partition coefficient (Wildman–Crippen LogP) is 2.39. The first-order valence-corrected chi connectivity index (χ1v) is 10.4. The van der Waals surface area contributed by atoms with E-state index >= 15 is 0 Å². The van der Waals surface area contributed by atoms with Crippen LogP contribution in [0.25, 0.3) is 0 Å². The summed E-state index contributed by atoms with van der Waals surface area (Å²) >= 11 is 1.64. The first-order chi connectivity index (χ1) is 11.8. The van der Waals surface area contributed by atoms with Crippen molar-refractivity contribution in [2.75, 3.05) is 35.2 Å². The maximum Gasteiger partial charge on any atom is 0.257 e. The van der Waals surface area contributed by atoms with Crippen LogP contribution in [0.5, 0.6) is 0 Å². The second kappa shape index (κ2) is 8.37. The van der Waals surface area contributed by atoms with Crippen LogP contribution in [0, 0.1) is 0 Å². The van der Waals surface area contributed by atoms with E-state index in [1.165, 1.54) is 7.05 Å². The Morgan fingerprint density at radius 2 is 1.80 bits per heavy atom. The van der Waals surface area contributed by atoms with Gasteiger partial charge in [-0.15, -0.1) is 11.8 Å². The van der Waals surface area contributed by atoms with Crippen molar-refractivity contribution in [2.24, 2.45) is 5.73 Å². The highest BCUT2D eigenvalue weighted by atomic mass is 32.2. The lowest BCUT2D eigenvalue weighted by Gasteiger charge is -2.19. The average molecular weight is 380 g/mol. The first kappa shape index (κ1) is 19.3. The van der Waals surface area contributed by atoms with E-state index < -0.39 is 10.0 Å². The fourth-order valence-electron chi connectivity index (χ4n) is 2.13. The van der Waals surface area contributed by atoms with Gasteiger partial charge in [-0.1, -0.05) is 12.1 Å². The second-order valence-electron chi connectivity index (χ2n) is 5.36. The van der Waals surface area contributed by atoms with Gasteiger partial charge in [-0.25, -0.2) is 8.42 Å². The molecule has 0 aliphatic carbocycles. The molecule has 8 heteroatoms. The third-order valence-electron chi connectivity index (χ3n) is 3.48. The minimum Gasteiger partial charge on any atom is -0.330 e. The number of rotatable bonds is 7. The fraction of sp³-hybridized carbons (Fsp3) is 0.235. The molecule has 0 aliphatic rings. The summed E-state index contributed by atoms with van der Waals surface area (Å²) in [6.45, 7) is 0.605. The molecule has 0 fully saturated rings. The van der Waals surface area contributed by atoms with Gasteiger partial charge in [0.25, 0.3) is 5.91 Å². The third-order valence-corrected chi connectivity index (χ3v) is 5.72. The SMILES string of the molecule is CN(c1ccccc1C(=O)Nc1ccc(SCCN)cc1)S(C)(=O)=O. The Hall–Kier alpha value is -2.03. The summed E-state index contributed by atoms with van der Waals surface area (Å²) in [5.41, 5.74) is 6.74. The molecule has 0 aromatic heterocycles. The van der Waals surface area contributed by atoms with Crippen molar-refractivity contribution in [1.82, 2.24) is 0 Å². The quantitative estimate of drug-likeness (QED) is 0.721. The normalized spacial score (nSPS) is 11.2. The van der Waals surface area contributed by atoms with Crippen LogP contribution in [0.2, 0.25) is 0 Å². The van der Waals surface area contributed by atoms with Gasteiger partial charge >= 0.3 is 0 Å². The van der Waals surface area contributed by atoms with Gasteiger partial charge in [0, 0.05) is 29.9 Å². The van der Waals surface area contributed by atoms with Crippen LogP contribution in [-0.2, 0) is 10.0 Å². The number of benzene rings is 2. The highest BCUT2D eigenvalue weighted by molar-refractivity contribution is 7.99. The lowest BCUT2D eigenvalue weighted by molar-refractivity contribution is 0.102. The lowest BCUT2D eigenvalue weighted by Crippen LogP contribution is -2.27. The lowest BCUT2D eigenvalue weighted by atomic mass is 10.1. The molecule has 0 aliphatic heterocycles. The van der Waals surface area contributed by atoms with Crippen LogP contribution in [0.1, 0.15) is 10.4 Å². The molecule has 0 radical (unpaired) electrons. The molecule has 0 atom stereocenters. The van der Waals surface area contributed by atoms with E-state index in [0.717, 1.165) is 21.2 Å². The molecule has 0 spiro atoms. The summed E-state index contributed by atoms with van der Waals surface area (Å²) in [7, 11) is -2.04. The largest absolute Gasteiger partial charge is 0.330 e. The maximum absolute atomic E-state index is 12.6. The summed E-state index contributed by atoms with van der Waals surface area (Å²) in [6, 6.07) is 14.0. The van der Waals surface area contributed by atoms with Gasteiger partial charge in [0.1, 0.15) is 0 Å². The average Bonchev–Trinajstić information content (AvgIpc) is 2.59. The van der Waals surface area contributed by atoms with E-state index in [-0.39, 0.29) is 11.5 Å². The summed E-state index contributed by atoms with van der Waals surface area (Å²) in [6.07, 6.45) is 1.10. The number of nitrogens with zero attached hydrogens (tertiary/aromatic N) is 1. The monoisotopic (exact) mass is 379 g/mol. The highest BCUT2D eigenvalue weighted by Gasteiger charge is 2.19. The number of hydrogen-bond acceptors (Lipinski definition) is 5. The third kappa shape index (κ3) is 5.22. The summed E-state index contributed by atoms with van der Waals surface area (Å²) < 4.78 is 24.6. The molecule has 0 saturated heterocycles. The number of sulfonamides is 1. The standard InChI is InChI=1S/C17H21N3O3S2/c1-20(25(2,22)23)16-6-4-3-5-15(16)17(21)19-13-7-9-14(10-8-13)24-12-11-18/h3-10H,11-12,18H2,1-2H3,(H,19,21). The predicted molar refractivity (Wildman–Crippen MR) is 104 cm³/mol. The van der Waals surface area contributed by atoms with Crippen LogP contribution < -0.4 is 15.4 Å². The van der Waals surface area contributed by atoms with Crippen LogP contribution >= 0.6 is 11.8 Å². The molecule has 0 heterocycles. The Morgan fingerprint density at radius 3 is 2.40 bits per heavy atom. The molecule has 2 aromatic carbocycles. The summed E-state index contributed by atoms with van der Waals surface area (Å²) in [5.74, 6) is 0.463. The number of carbonyl (C=O) groups is 1. The molecule has 25 heavy (non-hydrogen) atoms. The number of thioether (sulfide) groups is 1. The number of anilines is 2. The van der Waals surface area contributed by atoms with Gasteiger partial charge in [-0.05, 0) is 36.4 Å². The van der Waals surface area contributed by atoms with Crippen molar-refractivity contribution in [3.8, 4) is 0 Å². The summed E-state index contributed by atoms with van der Waals surface area (Å²) in [5, 5.41) is 2.79. The second-order valence-corrected chi connectivity index (χ2v) is 8.55. The van der Waals surface area contributed by atoms with Crippen molar-refractivity contribution in [2.45, 2.75) is 4.90 Å². The van der Waals surface area contributed by atoms with Crippen molar-refractivity contribution in [3.05, 3.63) is 54.1 Å². The molecule has 3 N–H and O–H groups in total. The van der Waals surface area contributed by atoms with E-state index in [2.05, 4.69) is 5.32 Å². The number of nitrogens with one attached hydrogen (secondary N) is 1. The Balaban J connectivity index is 2.19. The van der Waals surface area contributed by atoms with E-state index in [1.807, 2.05) is 12.1 Å². The molecular weight excluding hydrogens is 358 g/mol. The summed E-state index contributed by atoms with van der Waals surface area (Å²) in [4.78, 5) is 13.6. The molecule has 6 nitrogen and oxygen atoms in total. The molecule has 0 unspecified atom stereocenters. The van der Waals surface area contributed by atoms with Crippen molar-refractivity contribution in [1.29, 1.82) is 0 Å². The number of nitrogens with two attached hydrogens (primary N) is 1. The Bertz CT molecular complexity index is 836. The molecule has 134 valence electrons. The van der Waals surface area contributed by atoms with Gasteiger partial charge in [0.05, 0.1) is 17.5 Å². The van der Waals surface area contributed by atoms with E-state index in [1.54, 1.807) is 48.2 Å². The van der Waals surface area contributed by atoms with Gasteiger partial charge < -0.3 is 11.1 Å². The minimum atomic E-state index is -3.46. The van der Waals surface area contributed by atoms with Crippen molar-refractivity contribution >= 4 is 39.1 Å². The van der Waals surface area contributed by atoms with Crippen LogP contribution in [0.4, 0.5) is 11.4 Å². The number of para-hydroxylation sites is 1. The van der Waals surface area contributed by atoms with Crippen LogP contribution in [0.15, 0.2) is 53.4 Å². The van der Waals surface area contributed by atoms with E-state index in [0.29, 0.717) is 17.9 Å². The Labute approximate surface area is 152 Å². The maximum atomic E-state index is 12.6. The molecule has 1 amide bonds. The topological polar surface area (TPSA) is 92.5 Å². The molecule has 2 rings (SSSR count). The van der Waals surface area contributed by atoms with Crippen LogP contribution in [0.3, 0.4) is 0 Å². The zero-order valence-corrected chi connectivity index (χ0v) is 15.7.